The molecule has 1 N–H and O–H groups in total. The number of pyridine rings is 2. The van der Waals surface area contributed by atoms with Crippen molar-refractivity contribution in [2.45, 2.75) is 33.0 Å². The standard InChI is InChI=1S/C34H23ClF3N5O4S/c1-3-20-12-22(31-30(42-20)24(16-48-31)33(45)46)21-11-19(35)6-7-27(21)47-10-9-43-17(2)41-26-13-25(34(36,37)38)28(18-5-4-8-40-15-18)23(14-39)29(26)32(43)44/h4-8,11-13,15-16H,3,9-10H2,1-2H3,(H,45,46). The number of aromatic carboxylic acids is 1. The second-order valence-electron chi connectivity index (χ2n) is 10.7. The van der Waals surface area contributed by atoms with Gasteiger partial charge in [-0.2, -0.15) is 18.4 Å². The summed E-state index contributed by atoms with van der Waals surface area (Å²) in [6.07, 6.45) is -1.70. The molecule has 9 nitrogen and oxygen atoms in total. The first-order chi connectivity index (χ1) is 22.9. The predicted molar refractivity (Wildman–Crippen MR) is 176 cm³/mol. The third kappa shape index (κ3) is 5.85. The van der Waals surface area contributed by atoms with E-state index >= 15 is 0 Å². The molecule has 0 aliphatic heterocycles. The Kier molecular flexibility index (Phi) is 8.63. The first-order valence-electron chi connectivity index (χ1n) is 14.5. The Hall–Kier alpha value is -5.32. The molecule has 242 valence electrons. The maximum absolute atomic E-state index is 14.2. The second-order valence-corrected chi connectivity index (χ2v) is 12.0. The molecule has 0 saturated carbocycles. The van der Waals surface area contributed by atoms with Crippen molar-refractivity contribution in [1.82, 2.24) is 19.5 Å². The van der Waals surface area contributed by atoms with E-state index in [4.69, 9.17) is 16.3 Å². The first-order valence-corrected chi connectivity index (χ1v) is 15.7. The summed E-state index contributed by atoms with van der Waals surface area (Å²) in [5.74, 6) is -0.575. The zero-order valence-corrected chi connectivity index (χ0v) is 26.8. The predicted octanol–water partition coefficient (Wildman–Crippen LogP) is 7.93. The lowest BCUT2D eigenvalue weighted by molar-refractivity contribution is -0.137. The van der Waals surface area contributed by atoms with Crippen LogP contribution in [0.1, 0.15) is 39.9 Å². The number of ether oxygens (including phenoxy) is 1. The van der Waals surface area contributed by atoms with Crippen molar-refractivity contribution in [3.8, 4) is 34.1 Å². The van der Waals surface area contributed by atoms with Gasteiger partial charge in [-0.1, -0.05) is 24.6 Å². The van der Waals surface area contributed by atoms with Gasteiger partial charge in [0.15, 0.2) is 0 Å². The second kappa shape index (κ2) is 12.7. The van der Waals surface area contributed by atoms with Gasteiger partial charge in [0.25, 0.3) is 5.56 Å². The molecule has 0 unspecified atom stereocenters. The number of carboxylic acids is 1. The Bertz CT molecular complexity index is 2350. The fourth-order valence-electron chi connectivity index (χ4n) is 5.58. The van der Waals surface area contributed by atoms with Gasteiger partial charge in [-0.25, -0.2) is 9.78 Å². The van der Waals surface area contributed by atoms with Gasteiger partial charge < -0.3 is 9.84 Å². The number of benzene rings is 2. The molecule has 0 radical (unpaired) electrons. The maximum atomic E-state index is 14.2. The smallest absolute Gasteiger partial charge is 0.417 e. The monoisotopic (exact) mass is 689 g/mol. The van der Waals surface area contributed by atoms with Gasteiger partial charge in [0.1, 0.15) is 24.3 Å². The van der Waals surface area contributed by atoms with Crippen LogP contribution in [0, 0.1) is 18.3 Å². The quantitative estimate of drug-likeness (QED) is 0.171. The van der Waals surface area contributed by atoms with Crippen LogP contribution in [0.4, 0.5) is 13.2 Å². The highest BCUT2D eigenvalue weighted by atomic mass is 35.5. The van der Waals surface area contributed by atoms with Crippen LogP contribution in [0.25, 0.3) is 43.4 Å². The van der Waals surface area contributed by atoms with Crippen LogP contribution >= 0.6 is 22.9 Å². The summed E-state index contributed by atoms with van der Waals surface area (Å²) in [4.78, 5) is 38.5. The minimum absolute atomic E-state index is 0.0334. The average molecular weight is 690 g/mol. The summed E-state index contributed by atoms with van der Waals surface area (Å²) in [5, 5.41) is 21.5. The number of aryl methyl sites for hydroxylation is 2. The highest BCUT2D eigenvalue weighted by molar-refractivity contribution is 7.18. The van der Waals surface area contributed by atoms with E-state index in [0.717, 1.165) is 6.07 Å². The van der Waals surface area contributed by atoms with Crippen LogP contribution in [0.2, 0.25) is 5.02 Å². The van der Waals surface area contributed by atoms with Gasteiger partial charge in [-0.3, -0.25) is 19.3 Å². The highest BCUT2D eigenvalue weighted by Gasteiger charge is 2.37. The van der Waals surface area contributed by atoms with E-state index in [1.54, 1.807) is 18.2 Å². The van der Waals surface area contributed by atoms with Gasteiger partial charge >= 0.3 is 12.1 Å². The number of carbonyl (C=O) groups is 1. The lowest BCUT2D eigenvalue weighted by atomic mass is 9.92. The molecule has 4 heterocycles. The highest BCUT2D eigenvalue weighted by Crippen LogP contribution is 2.42. The van der Waals surface area contributed by atoms with Gasteiger partial charge in [0, 0.05) is 50.7 Å². The van der Waals surface area contributed by atoms with Crippen molar-refractivity contribution in [2.75, 3.05) is 6.61 Å². The molecule has 0 bridgehead atoms. The van der Waals surface area contributed by atoms with Gasteiger partial charge in [-0.05, 0) is 49.7 Å². The molecule has 4 aromatic heterocycles. The first kappa shape index (κ1) is 32.6. The summed E-state index contributed by atoms with van der Waals surface area (Å²) in [6.45, 7) is 3.26. The van der Waals surface area contributed by atoms with Crippen molar-refractivity contribution in [2.24, 2.45) is 0 Å². The topological polar surface area (TPSA) is 131 Å². The zero-order valence-electron chi connectivity index (χ0n) is 25.2. The van der Waals surface area contributed by atoms with Crippen LogP contribution in [-0.2, 0) is 19.1 Å². The minimum Gasteiger partial charge on any atom is -0.491 e. The molecule has 0 spiro atoms. The molecular formula is C34H23ClF3N5O4S. The van der Waals surface area contributed by atoms with Crippen LogP contribution < -0.4 is 10.3 Å². The van der Waals surface area contributed by atoms with E-state index in [9.17, 15) is 33.1 Å². The van der Waals surface area contributed by atoms with E-state index in [0.29, 0.717) is 44.2 Å². The fraction of sp³-hybridized carbons (Fsp3) is 0.176. The molecule has 0 saturated heterocycles. The van der Waals surface area contributed by atoms with Crippen LogP contribution in [0.15, 0.2) is 65.0 Å². The molecule has 0 fully saturated rings. The van der Waals surface area contributed by atoms with Crippen LogP contribution in [0.3, 0.4) is 0 Å². The van der Waals surface area contributed by atoms with E-state index in [1.807, 2.05) is 19.1 Å². The Morgan fingerprint density at radius 1 is 1.17 bits per heavy atom. The molecule has 6 rings (SSSR count). The van der Waals surface area contributed by atoms with Crippen LogP contribution in [0.5, 0.6) is 5.75 Å². The zero-order chi connectivity index (χ0) is 34.3. The van der Waals surface area contributed by atoms with E-state index < -0.39 is 34.4 Å². The number of carboxylic acid groups (broad SMARTS) is 1. The summed E-state index contributed by atoms with van der Waals surface area (Å²) >= 11 is 7.61. The number of hydrogen-bond acceptors (Lipinski definition) is 8. The van der Waals surface area contributed by atoms with Gasteiger partial charge in [-0.15, -0.1) is 11.3 Å². The van der Waals surface area contributed by atoms with E-state index in [-0.39, 0.29) is 41.0 Å². The molecule has 48 heavy (non-hydrogen) atoms. The molecule has 0 aliphatic carbocycles. The summed E-state index contributed by atoms with van der Waals surface area (Å²) in [7, 11) is 0. The lowest BCUT2D eigenvalue weighted by Crippen LogP contribution is -2.27. The van der Waals surface area contributed by atoms with Crippen molar-refractivity contribution < 1.29 is 27.8 Å². The number of rotatable bonds is 8. The molecular weight excluding hydrogens is 667 g/mol. The Labute approximate surface area is 279 Å². The number of alkyl halides is 3. The SMILES string of the molecule is CCc1cc(-c2cc(Cl)ccc2OCCn2c(C)nc3cc(C(F)(F)F)c(-c4cccnc4)c(C#N)c3c2=O)c2scc(C(=O)O)c2n1. The minimum atomic E-state index is -4.84. The van der Waals surface area contributed by atoms with E-state index in [2.05, 4.69) is 15.0 Å². The van der Waals surface area contributed by atoms with Crippen molar-refractivity contribution in [1.29, 1.82) is 5.26 Å². The third-order valence-corrected chi connectivity index (χ3v) is 9.02. The fourth-order valence-corrected chi connectivity index (χ4v) is 6.76. The molecule has 14 heteroatoms. The number of nitrogens with zero attached hydrogens (tertiary/aromatic N) is 5. The largest absolute Gasteiger partial charge is 0.491 e. The maximum Gasteiger partial charge on any atom is 0.417 e. The number of thiophene rings is 1. The normalized spacial score (nSPS) is 11.6. The number of halogens is 4. The Morgan fingerprint density at radius 3 is 2.62 bits per heavy atom. The number of hydrogen-bond donors (Lipinski definition) is 1. The molecule has 0 atom stereocenters. The van der Waals surface area contributed by atoms with Crippen LogP contribution in [-0.4, -0.2) is 37.2 Å². The lowest BCUT2D eigenvalue weighted by Gasteiger charge is -2.18. The number of aromatic nitrogens is 4. The van der Waals surface area contributed by atoms with E-state index in [1.165, 1.54) is 52.7 Å². The third-order valence-electron chi connectivity index (χ3n) is 7.78. The summed E-state index contributed by atoms with van der Waals surface area (Å²) in [5.41, 5.74) is -0.557. The van der Waals surface area contributed by atoms with Gasteiger partial charge in [0.05, 0.1) is 44.4 Å². The summed E-state index contributed by atoms with van der Waals surface area (Å²) < 4.78 is 50.8. The molecule has 2 aromatic carbocycles. The summed E-state index contributed by atoms with van der Waals surface area (Å²) in [6, 6.07) is 12.3. The van der Waals surface area contributed by atoms with Crippen molar-refractivity contribution in [3.63, 3.8) is 0 Å². The van der Waals surface area contributed by atoms with Gasteiger partial charge in [0.2, 0.25) is 0 Å². The average Bonchev–Trinajstić information content (AvgIpc) is 3.50. The Balaban J connectivity index is 1.41. The number of nitriles is 1. The van der Waals surface area contributed by atoms with Crippen molar-refractivity contribution in [3.05, 3.63) is 104 Å². The molecule has 0 amide bonds. The molecule has 6 aromatic rings. The Morgan fingerprint density at radius 2 is 1.96 bits per heavy atom. The van der Waals surface area contributed by atoms with Crippen molar-refractivity contribution >= 4 is 50.0 Å². The number of fused-ring (bicyclic) bond motifs is 2. The molecule has 0 aliphatic rings.